The fourth-order valence-electron chi connectivity index (χ4n) is 8.57. The lowest BCUT2D eigenvalue weighted by Crippen LogP contribution is -2.61. The van der Waals surface area contributed by atoms with Crippen LogP contribution in [-0.4, -0.2) is 93.0 Å². The van der Waals surface area contributed by atoms with Gasteiger partial charge in [-0.05, 0) is 37.2 Å². The highest BCUT2D eigenvalue weighted by Gasteiger charge is 2.77. The van der Waals surface area contributed by atoms with Gasteiger partial charge in [-0.1, -0.05) is 97.9 Å². The Labute approximate surface area is 298 Å². The van der Waals surface area contributed by atoms with E-state index in [0.717, 1.165) is 37.7 Å². The topological polar surface area (TPSA) is 125 Å². The Morgan fingerprint density at radius 1 is 1.18 bits per heavy atom. The van der Waals surface area contributed by atoms with Gasteiger partial charge in [0.05, 0.1) is 36.6 Å². The molecular formula is C38H52BrN3O7. The van der Waals surface area contributed by atoms with Gasteiger partial charge in [0, 0.05) is 23.8 Å². The van der Waals surface area contributed by atoms with Gasteiger partial charge in [0.25, 0.3) is 0 Å². The number of likely N-dealkylation sites (tertiary alicyclic amines) is 1. The minimum absolute atomic E-state index is 0.0149. The van der Waals surface area contributed by atoms with Crippen molar-refractivity contribution < 1.29 is 33.8 Å². The molecule has 268 valence electrons. The second-order valence-corrected chi connectivity index (χ2v) is 15.3. The van der Waals surface area contributed by atoms with Crippen LogP contribution in [0.3, 0.4) is 0 Å². The minimum Gasteiger partial charge on any atom is -0.463 e. The van der Waals surface area contributed by atoms with E-state index in [9.17, 15) is 24.3 Å². The van der Waals surface area contributed by atoms with Gasteiger partial charge in [0.15, 0.2) is 0 Å². The molecule has 2 N–H and O–H groups in total. The second-order valence-electron chi connectivity index (χ2n) is 14.1. The second kappa shape index (κ2) is 16.3. The summed E-state index contributed by atoms with van der Waals surface area (Å²) in [7, 11) is 0. The van der Waals surface area contributed by atoms with E-state index in [4.69, 9.17) is 9.47 Å². The van der Waals surface area contributed by atoms with Gasteiger partial charge in [-0.15, -0.1) is 13.2 Å². The first kappa shape index (κ1) is 37.2. The lowest BCUT2D eigenvalue weighted by molar-refractivity contribution is -0.154. The van der Waals surface area contributed by atoms with Crippen LogP contribution in [0.5, 0.6) is 0 Å². The van der Waals surface area contributed by atoms with Gasteiger partial charge in [-0.3, -0.25) is 19.2 Å². The van der Waals surface area contributed by atoms with Crippen molar-refractivity contribution in [1.29, 1.82) is 0 Å². The Bertz CT molecular complexity index is 1370. The summed E-state index contributed by atoms with van der Waals surface area (Å²) in [5.74, 6) is -3.30. The number of nitrogens with zero attached hydrogens (tertiary/aromatic N) is 2. The Kier molecular flexibility index (Phi) is 12.4. The van der Waals surface area contributed by atoms with Crippen LogP contribution in [0.4, 0.5) is 0 Å². The van der Waals surface area contributed by atoms with E-state index in [0.29, 0.717) is 25.8 Å². The Hall–Kier alpha value is -3.02. The monoisotopic (exact) mass is 741 g/mol. The average Bonchev–Trinajstić information content (AvgIpc) is 3.71. The number of aliphatic hydroxyl groups is 1. The van der Waals surface area contributed by atoms with Crippen LogP contribution < -0.4 is 5.32 Å². The molecule has 10 nitrogen and oxygen atoms in total. The molecule has 9 atom stereocenters. The summed E-state index contributed by atoms with van der Waals surface area (Å²) in [5, 5.41) is 13.8. The number of alkyl halides is 1. The molecule has 11 heteroatoms. The molecule has 4 aliphatic rings. The van der Waals surface area contributed by atoms with E-state index in [1.807, 2.05) is 49.1 Å². The summed E-state index contributed by atoms with van der Waals surface area (Å²) in [5.41, 5.74) is -0.512. The van der Waals surface area contributed by atoms with Gasteiger partial charge in [-0.2, -0.15) is 0 Å². The number of carbonyl (C=O) groups excluding carboxylic acids is 4. The number of nitrogens with one attached hydrogen (secondary N) is 1. The highest BCUT2D eigenvalue weighted by Crippen LogP contribution is 2.61. The number of esters is 1. The smallest absolute Gasteiger partial charge is 0.306 e. The first-order chi connectivity index (χ1) is 23.6. The molecule has 1 aromatic carbocycles. The van der Waals surface area contributed by atoms with E-state index in [-0.39, 0.29) is 48.2 Å². The van der Waals surface area contributed by atoms with Crippen molar-refractivity contribution in [2.75, 3.05) is 19.8 Å². The minimum atomic E-state index is -1.26. The van der Waals surface area contributed by atoms with Crippen molar-refractivity contribution >= 4 is 39.6 Å². The predicted molar refractivity (Wildman–Crippen MR) is 189 cm³/mol. The van der Waals surface area contributed by atoms with Gasteiger partial charge in [-0.25, -0.2) is 0 Å². The molecule has 0 aromatic heterocycles. The Morgan fingerprint density at radius 3 is 2.53 bits per heavy atom. The summed E-state index contributed by atoms with van der Waals surface area (Å²) >= 11 is 3.78. The third-order valence-electron chi connectivity index (χ3n) is 11.2. The molecule has 3 aliphatic heterocycles. The zero-order valence-corrected chi connectivity index (χ0v) is 30.4. The summed E-state index contributed by atoms with van der Waals surface area (Å²) in [6, 6.07) is 6.97. The molecule has 5 rings (SSSR count). The number of aliphatic hydroxyl groups excluding tert-OH is 1. The fourth-order valence-corrected chi connectivity index (χ4v) is 9.51. The number of halogens is 1. The summed E-state index contributed by atoms with van der Waals surface area (Å²) in [4.78, 5) is 59.8. The third kappa shape index (κ3) is 7.26. The first-order valence-electron chi connectivity index (χ1n) is 17.9. The third-order valence-corrected chi connectivity index (χ3v) is 12.1. The highest BCUT2D eigenvalue weighted by atomic mass is 79.9. The van der Waals surface area contributed by atoms with Crippen LogP contribution in [-0.2, 0) is 28.7 Å². The van der Waals surface area contributed by atoms with Crippen molar-refractivity contribution in [3.63, 3.8) is 0 Å². The molecule has 1 aromatic rings. The largest absolute Gasteiger partial charge is 0.463 e. The number of hydrogen-bond donors (Lipinski definition) is 2. The van der Waals surface area contributed by atoms with Gasteiger partial charge in [0.2, 0.25) is 17.7 Å². The van der Waals surface area contributed by atoms with Crippen LogP contribution >= 0.6 is 15.9 Å². The maximum Gasteiger partial charge on any atom is 0.306 e. The van der Waals surface area contributed by atoms with Crippen LogP contribution in [0, 0.1) is 17.8 Å². The standard InChI is InChI=1S/C38H52BrN3O7/c1-5-8-19-30(44)48-23-28(25-15-11-9-12-16-25)40-35(45)31-32-36(46)42(29(22-43)24(4)7-3)34(38(32)21-27(39)33(31)49-38)37(47)41(20-6-2)26-17-13-10-14-18-26/h5-6,9,11-12,15-16,24,26-29,31-34,43H,1-2,7-8,10,13-14,17-23H2,3-4H3,(H,40,45)/t24-,27?,28+,29-,31-,32+,33-,34-,38+/m0/s1. The van der Waals surface area contributed by atoms with Gasteiger partial charge in [0.1, 0.15) is 18.2 Å². The quantitative estimate of drug-likeness (QED) is 0.141. The van der Waals surface area contributed by atoms with E-state index < -0.39 is 53.5 Å². The first-order valence-corrected chi connectivity index (χ1v) is 18.8. The molecule has 1 aliphatic carbocycles. The number of amides is 3. The number of hydrogen-bond acceptors (Lipinski definition) is 7. The molecular weight excluding hydrogens is 690 g/mol. The molecule has 1 spiro atoms. The summed E-state index contributed by atoms with van der Waals surface area (Å²) in [6.07, 6.45) is 9.36. The molecule has 49 heavy (non-hydrogen) atoms. The number of allylic oxidation sites excluding steroid dienone is 1. The van der Waals surface area contributed by atoms with Crippen molar-refractivity contribution in [2.45, 2.75) is 112 Å². The Morgan fingerprint density at radius 2 is 1.90 bits per heavy atom. The van der Waals surface area contributed by atoms with E-state index in [1.165, 1.54) is 0 Å². The normalized spacial score (nSPS) is 29.5. The van der Waals surface area contributed by atoms with Crippen molar-refractivity contribution in [2.24, 2.45) is 17.8 Å². The Balaban J connectivity index is 1.51. The molecule has 3 amide bonds. The number of carbonyl (C=O) groups is 4. The average molecular weight is 743 g/mol. The number of benzene rings is 1. The van der Waals surface area contributed by atoms with Crippen LogP contribution in [0.1, 0.15) is 83.2 Å². The maximum absolute atomic E-state index is 15.0. The van der Waals surface area contributed by atoms with Crippen molar-refractivity contribution in [1.82, 2.24) is 15.1 Å². The molecule has 1 saturated carbocycles. The molecule has 3 saturated heterocycles. The highest BCUT2D eigenvalue weighted by molar-refractivity contribution is 9.09. The van der Waals surface area contributed by atoms with Crippen LogP contribution in [0.25, 0.3) is 0 Å². The maximum atomic E-state index is 15.0. The molecule has 1 unspecified atom stereocenters. The number of fused-ring (bicyclic) bond motifs is 1. The van der Waals surface area contributed by atoms with Crippen LogP contribution in [0.15, 0.2) is 55.6 Å². The lowest BCUT2D eigenvalue weighted by Gasteiger charge is -2.43. The van der Waals surface area contributed by atoms with Crippen molar-refractivity contribution in [3.05, 3.63) is 61.2 Å². The van der Waals surface area contributed by atoms with Crippen molar-refractivity contribution in [3.8, 4) is 0 Å². The number of ether oxygens (including phenoxy) is 2. The number of rotatable bonds is 16. The van der Waals surface area contributed by atoms with Gasteiger partial charge < -0.3 is 29.7 Å². The van der Waals surface area contributed by atoms with Crippen LogP contribution in [0.2, 0.25) is 0 Å². The molecule has 2 bridgehead atoms. The molecule has 3 heterocycles. The van der Waals surface area contributed by atoms with E-state index >= 15 is 0 Å². The predicted octanol–water partition coefficient (Wildman–Crippen LogP) is 4.86. The summed E-state index contributed by atoms with van der Waals surface area (Å²) < 4.78 is 12.4. The summed E-state index contributed by atoms with van der Waals surface area (Å²) in [6.45, 7) is 11.5. The SMILES string of the molecule is C=CCCC(=O)OC[C@@H](NC(=O)[C@@H]1[C@H]2O[C@@]3(CC2Br)[C@H](C(=O)N(CC=C)C2CCCCC2)N([C@@H](CO)[C@@H](C)CC)C(=O)[C@@H]13)c1ccccc1. The van der Waals surface area contributed by atoms with E-state index in [2.05, 4.69) is 34.4 Å². The van der Waals surface area contributed by atoms with E-state index in [1.54, 1.807) is 17.1 Å². The molecule has 0 radical (unpaired) electrons. The lowest BCUT2D eigenvalue weighted by atomic mass is 9.70. The zero-order valence-electron chi connectivity index (χ0n) is 28.8. The zero-order chi connectivity index (χ0) is 35.3. The van der Waals surface area contributed by atoms with Gasteiger partial charge >= 0.3 is 5.97 Å². The fraction of sp³-hybridized carbons (Fsp3) is 0.632. The molecule has 4 fully saturated rings.